The molecule has 0 aromatic rings. The average Bonchev–Trinajstić information content (AvgIpc) is 2.19. The van der Waals surface area contributed by atoms with Crippen LogP contribution in [0.15, 0.2) is 0 Å². The Kier molecular flexibility index (Phi) is 5.62. The standard InChI is InChI=1S/C13H27NO/c1-10(2)13(15-3)12(14)9-11-7-5-4-6-8-11/h10-13H,4-9,14H2,1-3H3. The molecular formula is C13H27NO. The van der Waals surface area contributed by atoms with Crippen molar-refractivity contribution in [3.8, 4) is 0 Å². The second-order valence-corrected chi connectivity index (χ2v) is 5.35. The van der Waals surface area contributed by atoms with E-state index in [1.165, 1.54) is 32.1 Å². The normalized spacial score (nSPS) is 23.0. The van der Waals surface area contributed by atoms with Crippen molar-refractivity contribution in [2.75, 3.05) is 7.11 Å². The second kappa shape index (κ2) is 6.49. The van der Waals surface area contributed by atoms with Crippen molar-refractivity contribution < 1.29 is 4.74 Å². The van der Waals surface area contributed by atoms with Crippen molar-refractivity contribution in [1.82, 2.24) is 0 Å². The van der Waals surface area contributed by atoms with Crippen molar-refractivity contribution in [2.24, 2.45) is 17.6 Å². The molecule has 0 heterocycles. The van der Waals surface area contributed by atoms with Crippen LogP contribution in [0.5, 0.6) is 0 Å². The Labute approximate surface area is 94.6 Å². The van der Waals surface area contributed by atoms with Crippen molar-refractivity contribution in [3.63, 3.8) is 0 Å². The maximum absolute atomic E-state index is 6.24. The third-order valence-corrected chi connectivity index (χ3v) is 3.68. The van der Waals surface area contributed by atoms with Crippen LogP contribution in [0.2, 0.25) is 0 Å². The topological polar surface area (TPSA) is 35.2 Å². The monoisotopic (exact) mass is 213 g/mol. The fraction of sp³-hybridized carbons (Fsp3) is 1.00. The molecule has 0 bridgehead atoms. The summed E-state index contributed by atoms with van der Waals surface area (Å²) in [4.78, 5) is 0. The van der Waals surface area contributed by atoms with Crippen molar-refractivity contribution >= 4 is 0 Å². The van der Waals surface area contributed by atoms with E-state index < -0.39 is 0 Å². The minimum absolute atomic E-state index is 0.220. The van der Waals surface area contributed by atoms with Gasteiger partial charge in [-0.1, -0.05) is 46.0 Å². The molecule has 2 nitrogen and oxygen atoms in total. The summed E-state index contributed by atoms with van der Waals surface area (Å²) in [6.45, 7) is 4.38. The lowest BCUT2D eigenvalue weighted by atomic mass is 9.82. The highest BCUT2D eigenvalue weighted by atomic mass is 16.5. The van der Waals surface area contributed by atoms with Crippen molar-refractivity contribution in [2.45, 2.75) is 64.5 Å². The Bertz CT molecular complexity index is 164. The zero-order valence-electron chi connectivity index (χ0n) is 10.5. The summed E-state index contributed by atoms with van der Waals surface area (Å²) in [7, 11) is 1.78. The van der Waals surface area contributed by atoms with E-state index in [9.17, 15) is 0 Å². The highest BCUT2D eigenvalue weighted by Crippen LogP contribution is 2.28. The number of nitrogens with two attached hydrogens (primary N) is 1. The fourth-order valence-electron chi connectivity index (χ4n) is 2.88. The lowest BCUT2D eigenvalue weighted by Gasteiger charge is -2.30. The van der Waals surface area contributed by atoms with E-state index in [0.717, 1.165) is 12.3 Å². The van der Waals surface area contributed by atoms with Crippen LogP contribution in [0.3, 0.4) is 0 Å². The zero-order chi connectivity index (χ0) is 11.3. The highest BCUT2D eigenvalue weighted by molar-refractivity contribution is 4.80. The molecule has 0 saturated heterocycles. The maximum Gasteiger partial charge on any atom is 0.0745 e. The van der Waals surface area contributed by atoms with Crippen LogP contribution in [-0.4, -0.2) is 19.3 Å². The lowest BCUT2D eigenvalue weighted by molar-refractivity contribution is 0.0356. The van der Waals surface area contributed by atoms with Crippen LogP contribution in [0.1, 0.15) is 52.4 Å². The van der Waals surface area contributed by atoms with Gasteiger partial charge in [0.1, 0.15) is 0 Å². The number of methoxy groups -OCH3 is 1. The summed E-state index contributed by atoms with van der Waals surface area (Å²) in [5, 5.41) is 0. The highest BCUT2D eigenvalue weighted by Gasteiger charge is 2.24. The van der Waals surface area contributed by atoms with E-state index in [2.05, 4.69) is 13.8 Å². The molecule has 1 aliphatic rings. The Morgan fingerprint density at radius 1 is 1.20 bits per heavy atom. The Morgan fingerprint density at radius 3 is 2.27 bits per heavy atom. The molecule has 0 amide bonds. The third-order valence-electron chi connectivity index (χ3n) is 3.68. The molecule has 1 rings (SSSR count). The minimum Gasteiger partial charge on any atom is -0.380 e. The number of hydrogen-bond acceptors (Lipinski definition) is 2. The molecule has 2 N–H and O–H groups in total. The molecule has 0 radical (unpaired) electrons. The molecule has 1 aliphatic carbocycles. The molecule has 0 spiro atoms. The van der Waals surface area contributed by atoms with Gasteiger partial charge in [-0.3, -0.25) is 0 Å². The van der Waals surface area contributed by atoms with Gasteiger partial charge in [-0.25, -0.2) is 0 Å². The van der Waals surface area contributed by atoms with Gasteiger partial charge < -0.3 is 10.5 Å². The summed E-state index contributed by atoms with van der Waals surface area (Å²) < 4.78 is 5.49. The molecule has 2 unspecified atom stereocenters. The van der Waals surface area contributed by atoms with Crippen LogP contribution < -0.4 is 5.73 Å². The number of rotatable bonds is 5. The fourth-order valence-corrected chi connectivity index (χ4v) is 2.88. The molecule has 0 aromatic heterocycles. The summed E-state index contributed by atoms with van der Waals surface area (Å²) in [5.74, 6) is 1.37. The van der Waals surface area contributed by atoms with E-state index >= 15 is 0 Å². The van der Waals surface area contributed by atoms with Crippen LogP contribution in [-0.2, 0) is 4.74 Å². The predicted molar refractivity (Wildman–Crippen MR) is 64.8 cm³/mol. The smallest absolute Gasteiger partial charge is 0.0745 e. The predicted octanol–water partition coefficient (Wildman–Crippen LogP) is 2.96. The minimum atomic E-state index is 0.220. The van der Waals surface area contributed by atoms with Gasteiger partial charge in [-0.2, -0.15) is 0 Å². The number of ether oxygens (including phenoxy) is 1. The lowest BCUT2D eigenvalue weighted by Crippen LogP contribution is -2.41. The van der Waals surface area contributed by atoms with Crippen LogP contribution in [0, 0.1) is 11.8 Å². The molecule has 1 saturated carbocycles. The van der Waals surface area contributed by atoms with Crippen LogP contribution in [0.4, 0.5) is 0 Å². The van der Waals surface area contributed by atoms with E-state index in [4.69, 9.17) is 10.5 Å². The zero-order valence-corrected chi connectivity index (χ0v) is 10.5. The van der Waals surface area contributed by atoms with Crippen LogP contribution >= 0.6 is 0 Å². The molecule has 0 aliphatic heterocycles. The molecule has 2 atom stereocenters. The summed E-state index contributed by atoms with van der Waals surface area (Å²) in [6, 6.07) is 0.220. The first-order valence-corrected chi connectivity index (χ1v) is 6.43. The average molecular weight is 213 g/mol. The quantitative estimate of drug-likeness (QED) is 0.762. The van der Waals surface area contributed by atoms with Crippen molar-refractivity contribution in [1.29, 1.82) is 0 Å². The molecule has 0 aromatic carbocycles. The van der Waals surface area contributed by atoms with Crippen molar-refractivity contribution in [3.05, 3.63) is 0 Å². The van der Waals surface area contributed by atoms with Crippen LogP contribution in [0.25, 0.3) is 0 Å². The largest absolute Gasteiger partial charge is 0.380 e. The summed E-state index contributed by atoms with van der Waals surface area (Å²) in [6.07, 6.45) is 8.35. The molecule has 2 heteroatoms. The van der Waals surface area contributed by atoms with Gasteiger partial charge in [0.05, 0.1) is 6.10 Å². The van der Waals surface area contributed by atoms with E-state index in [0.29, 0.717) is 5.92 Å². The Morgan fingerprint density at radius 2 is 1.80 bits per heavy atom. The van der Waals surface area contributed by atoms with Gasteiger partial charge in [-0.15, -0.1) is 0 Å². The van der Waals surface area contributed by atoms with Gasteiger partial charge in [-0.05, 0) is 18.3 Å². The molecular weight excluding hydrogens is 186 g/mol. The second-order valence-electron chi connectivity index (χ2n) is 5.35. The van der Waals surface area contributed by atoms with E-state index in [1.807, 2.05) is 0 Å². The first-order valence-electron chi connectivity index (χ1n) is 6.43. The Hall–Kier alpha value is -0.0800. The Balaban J connectivity index is 2.34. The first kappa shape index (κ1) is 13.0. The van der Waals surface area contributed by atoms with E-state index in [-0.39, 0.29) is 12.1 Å². The van der Waals surface area contributed by atoms with Gasteiger partial charge in [0, 0.05) is 13.2 Å². The van der Waals surface area contributed by atoms with Gasteiger partial charge in [0.25, 0.3) is 0 Å². The first-order chi connectivity index (χ1) is 7.15. The molecule has 1 fully saturated rings. The van der Waals surface area contributed by atoms with Gasteiger partial charge >= 0.3 is 0 Å². The number of hydrogen-bond donors (Lipinski definition) is 1. The summed E-state index contributed by atoms with van der Waals surface area (Å²) >= 11 is 0. The van der Waals surface area contributed by atoms with Gasteiger partial charge in [0.2, 0.25) is 0 Å². The van der Waals surface area contributed by atoms with E-state index in [1.54, 1.807) is 7.11 Å². The van der Waals surface area contributed by atoms with Gasteiger partial charge in [0.15, 0.2) is 0 Å². The SMILES string of the molecule is COC(C(C)C)C(N)CC1CCCCC1. The molecule has 15 heavy (non-hydrogen) atoms. The maximum atomic E-state index is 6.24. The third kappa shape index (κ3) is 4.12. The molecule has 90 valence electrons. The summed E-state index contributed by atoms with van der Waals surface area (Å²) in [5.41, 5.74) is 6.24.